The maximum absolute atomic E-state index is 13.0. The Kier molecular flexibility index (Phi) is 9.48. The van der Waals surface area contributed by atoms with E-state index in [0.717, 1.165) is 4.90 Å². The predicted octanol–water partition coefficient (Wildman–Crippen LogP) is 3.23. The molecule has 0 radical (unpaired) electrons. The first-order valence-electron chi connectivity index (χ1n) is 10.4. The van der Waals surface area contributed by atoms with Crippen molar-refractivity contribution in [1.82, 2.24) is 10.2 Å². The molecule has 30 heavy (non-hydrogen) atoms. The zero-order chi connectivity index (χ0) is 23.1. The molecule has 1 heterocycles. The lowest BCUT2D eigenvalue weighted by atomic mass is 10.00. The summed E-state index contributed by atoms with van der Waals surface area (Å²) in [5, 5.41) is 2.67. The van der Waals surface area contributed by atoms with Crippen molar-refractivity contribution in [1.29, 1.82) is 0 Å². The Bertz CT molecular complexity index is 646. The molecule has 0 aromatic carbocycles. The predicted molar refractivity (Wildman–Crippen MR) is 114 cm³/mol. The Balaban J connectivity index is 2.91. The number of urea groups is 1. The van der Waals surface area contributed by atoms with Crippen molar-refractivity contribution in [2.45, 2.75) is 83.6 Å². The number of nitrogens with zero attached hydrogens (tertiary/aromatic N) is 1. The van der Waals surface area contributed by atoms with E-state index in [1.165, 1.54) is 7.11 Å². The zero-order valence-corrected chi connectivity index (χ0v) is 20.2. The SMILES string of the molecule is CCOC(=O)N1C(=O)N[C@@H](CO[Si](C)(C)C(C)(C)C)C1C(=O)CCCCC(=O)OC. The lowest BCUT2D eigenvalue weighted by Gasteiger charge is -2.37. The van der Waals surface area contributed by atoms with Crippen molar-refractivity contribution in [2.75, 3.05) is 20.3 Å². The Hall–Kier alpha value is -1.94. The fraction of sp³-hybridized carbons (Fsp3) is 0.800. The highest BCUT2D eigenvalue weighted by atomic mass is 28.4. The summed E-state index contributed by atoms with van der Waals surface area (Å²) in [5.41, 5.74) is 0. The summed E-state index contributed by atoms with van der Waals surface area (Å²) in [6, 6.07) is -2.31. The second kappa shape index (κ2) is 10.9. The first-order valence-corrected chi connectivity index (χ1v) is 13.3. The second-order valence-electron chi connectivity index (χ2n) is 8.89. The Morgan fingerprint density at radius 1 is 1.13 bits per heavy atom. The van der Waals surface area contributed by atoms with Gasteiger partial charge in [-0.2, -0.15) is 0 Å². The number of carbonyl (C=O) groups excluding carboxylic acids is 4. The number of unbranched alkanes of at least 4 members (excludes halogenated alkanes) is 1. The molecule has 0 aromatic heterocycles. The molecule has 10 heteroatoms. The molecule has 1 aliphatic rings. The molecule has 172 valence electrons. The minimum Gasteiger partial charge on any atom is -0.469 e. The zero-order valence-electron chi connectivity index (χ0n) is 19.2. The van der Waals surface area contributed by atoms with Gasteiger partial charge in [0.25, 0.3) is 0 Å². The molecule has 2 atom stereocenters. The van der Waals surface area contributed by atoms with Gasteiger partial charge in [0, 0.05) is 12.8 Å². The fourth-order valence-corrected chi connectivity index (χ4v) is 3.87. The van der Waals surface area contributed by atoms with Gasteiger partial charge in [0.15, 0.2) is 14.1 Å². The normalized spacial score (nSPS) is 19.4. The number of hydrogen-bond donors (Lipinski definition) is 1. The van der Waals surface area contributed by atoms with E-state index >= 15 is 0 Å². The number of rotatable bonds is 10. The van der Waals surface area contributed by atoms with E-state index in [9.17, 15) is 19.2 Å². The Morgan fingerprint density at radius 3 is 2.27 bits per heavy atom. The number of esters is 1. The molecule has 0 saturated carbocycles. The van der Waals surface area contributed by atoms with Gasteiger partial charge in [0.05, 0.1) is 26.4 Å². The quantitative estimate of drug-likeness (QED) is 0.313. The van der Waals surface area contributed by atoms with E-state index < -0.39 is 32.5 Å². The van der Waals surface area contributed by atoms with E-state index in [1.54, 1.807) is 6.92 Å². The monoisotopic (exact) mass is 444 g/mol. The summed E-state index contributed by atoms with van der Waals surface area (Å²) in [5.74, 6) is -0.607. The van der Waals surface area contributed by atoms with E-state index in [2.05, 4.69) is 43.9 Å². The van der Waals surface area contributed by atoms with Gasteiger partial charge in [-0.05, 0) is 37.9 Å². The lowest BCUT2D eigenvalue weighted by Crippen LogP contribution is -2.50. The third kappa shape index (κ3) is 6.80. The van der Waals surface area contributed by atoms with Crippen molar-refractivity contribution in [3.63, 3.8) is 0 Å². The number of methoxy groups -OCH3 is 1. The molecule has 1 unspecified atom stereocenters. The van der Waals surface area contributed by atoms with E-state index in [4.69, 9.17) is 9.16 Å². The minimum absolute atomic E-state index is 0.0379. The molecule has 1 aliphatic heterocycles. The van der Waals surface area contributed by atoms with Gasteiger partial charge in [-0.3, -0.25) is 9.59 Å². The maximum atomic E-state index is 13.0. The Morgan fingerprint density at radius 2 is 1.73 bits per heavy atom. The number of ketones is 1. The number of carbonyl (C=O) groups is 4. The van der Waals surface area contributed by atoms with Crippen LogP contribution >= 0.6 is 0 Å². The van der Waals surface area contributed by atoms with Crippen molar-refractivity contribution >= 4 is 32.2 Å². The van der Waals surface area contributed by atoms with Gasteiger partial charge in [-0.25, -0.2) is 14.5 Å². The maximum Gasteiger partial charge on any atom is 0.418 e. The highest BCUT2D eigenvalue weighted by Crippen LogP contribution is 2.37. The number of amides is 3. The lowest BCUT2D eigenvalue weighted by molar-refractivity contribution is -0.140. The first kappa shape index (κ1) is 26.1. The smallest absolute Gasteiger partial charge is 0.418 e. The van der Waals surface area contributed by atoms with Crippen LogP contribution in [-0.2, 0) is 23.5 Å². The average Bonchev–Trinajstić information content (AvgIpc) is 2.98. The minimum atomic E-state index is -2.12. The summed E-state index contributed by atoms with van der Waals surface area (Å²) in [6.45, 7) is 12.3. The van der Waals surface area contributed by atoms with Crippen LogP contribution in [0, 0.1) is 0 Å². The number of imide groups is 1. The van der Waals surface area contributed by atoms with Crippen LogP contribution in [0.5, 0.6) is 0 Å². The van der Waals surface area contributed by atoms with Crippen LogP contribution in [0.25, 0.3) is 0 Å². The number of hydrogen-bond acceptors (Lipinski definition) is 7. The van der Waals surface area contributed by atoms with Crippen molar-refractivity contribution in [3.8, 4) is 0 Å². The first-order chi connectivity index (χ1) is 13.9. The summed E-state index contributed by atoms with van der Waals surface area (Å²) in [7, 11) is -0.807. The molecule has 0 aliphatic carbocycles. The second-order valence-corrected chi connectivity index (χ2v) is 13.7. The van der Waals surface area contributed by atoms with Gasteiger partial charge in [-0.15, -0.1) is 0 Å². The molecule has 1 N–H and O–H groups in total. The number of Topliss-reactive ketones (excluding diaryl/α,β-unsaturated/α-hetero) is 1. The van der Waals surface area contributed by atoms with Crippen LogP contribution in [0.4, 0.5) is 9.59 Å². The van der Waals surface area contributed by atoms with Crippen LogP contribution < -0.4 is 5.32 Å². The largest absolute Gasteiger partial charge is 0.469 e. The van der Waals surface area contributed by atoms with Gasteiger partial charge >= 0.3 is 18.1 Å². The summed E-state index contributed by atoms with van der Waals surface area (Å²) in [6.07, 6.45) is 0.425. The highest BCUT2D eigenvalue weighted by Gasteiger charge is 2.48. The van der Waals surface area contributed by atoms with Crippen LogP contribution in [0.2, 0.25) is 18.1 Å². The van der Waals surface area contributed by atoms with E-state index in [0.29, 0.717) is 12.8 Å². The molecule has 0 aromatic rings. The van der Waals surface area contributed by atoms with Gasteiger partial charge in [0.1, 0.15) is 6.04 Å². The van der Waals surface area contributed by atoms with Crippen LogP contribution in [0.15, 0.2) is 0 Å². The van der Waals surface area contributed by atoms with E-state index in [-0.39, 0.29) is 42.8 Å². The van der Waals surface area contributed by atoms with Crippen molar-refractivity contribution in [2.24, 2.45) is 0 Å². The third-order valence-electron chi connectivity index (χ3n) is 5.69. The molecule has 0 spiro atoms. The summed E-state index contributed by atoms with van der Waals surface area (Å²) >= 11 is 0. The highest BCUT2D eigenvalue weighted by molar-refractivity contribution is 6.74. The molecule has 0 bridgehead atoms. The van der Waals surface area contributed by atoms with Crippen molar-refractivity contribution in [3.05, 3.63) is 0 Å². The molecule has 3 amide bonds. The summed E-state index contributed by atoms with van der Waals surface area (Å²) < 4.78 is 15.8. The fourth-order valence-electron chi connectivity index (χ4n) is 2.84. The molecular formula is C20H36N2O7Si. The molecule has 1 rings (SSSR count). The van der Waals surface area contributed by atoms with Gasteiger partial charge in [0.2, 0.25) is 0 Å². The van der Waals surface area contributed by atoms with Gasteiger partial charge < -0.3 is 19.2 Å². The van der Waals surface area contributed by atoms with Crippen molar-refractivity contribution < 1.29 is 33.1 Å². The average molecular weight is 445 g/mol. The number of nitrogens with one attached hydrogen (secondary N) is 1. The third-order valence-corrected chi connectivity index (χ3v) is 10.2. The molecule has 9 nitrogen and oxygen atoms in total. The Labute approximate surface area is 179 Å². The van der Waals surface area contributed by atoms with E-state index in [1.807, 2.05) is 0 Å². The topological polar surface area (TPSA) is 111 Å². The van der Waals surface area contributed by atoms with Crippen LogP contribution in [-0.4, -0.2) is 69.5 Å². The van der Waals surface area contributed by atoms with Crippen LogP contribution in [0.1, 0.15) is 53.4 Å². The standard InChI is InChI=1S/C20H36N2O7Si/c1-8-28-19(26)22-17(15(23)11-9-10-12-16(24)27-5)14(21-18(22)25)13-29-30(6,7)20(2,3)4/h14,17H,8-13H2,1-7H3,(H,21,25)/t14-,17?/m0/s1. The molecular weight excluding hydrogens is 408 g/mol. The van der Waals surface area contributed by atoms with Crippen LogP contribution in [0.3, 0.4) is 0 Å². The molecule has 1 saturated heterocycles. The number of ether oxygens (including phenoxy) is 2. The molecule has 1 fully saturated rings. The van der Waals surface area contributed by atoms with Gasteiger partial charge in [-0.1, -0.05) is 20.8 Å². The summed E-state index contributed by atoms with van der Waals surface area (Å²) in [4.78, 5) is 49.8.